The monoisotopic (exact) mass is 531 g/mol. The molecule has 3 aromatic rings. The van der Waals surface area contributed by atoms with Gasteiger partial charge >= 0.3 is 11.4 Å². The van der Waals surface area contributed by atoms with Crippen molar-refractivity contribution in [3.05, 3.63) is 80.2 Å². The fraction of sp³-hybridized carbons (Fsp3) is 0.520. The number of rotatable bonds is 0. The van der Waals surface area contributed by atoms with E-state index in [-0.39, 0.29) is 31.7 Å². The van der Waals surface area contributed by atoms with Crippen LogP contribution < -0.4 is 28.2 Å². The lowest BCUT2D eigenvalue weighted by atomic mass is 9.97. The van der Waals surface area contributed by atoms with Crippen LogP contribution in [0.1, 0.15) is 80.7 Å². The molecule has 0 saturated heterocycles. The number of H-pyrrole nitrogens is 5. The molecular weight excluding hydrogens is 494 g/mol. The molecular formula is C25H37N7O4S. The molecule has 0 atom stereocenters. The van der Waals surface area contributed by atoms with Crippen LogP contribution in [0.25, 0.3) is 0 Å². The summed E-state index contributed by atoms with van der Waals surface area (Å²) in [5.41, 5.74) is 10.1. The summed E-state index contributed by atoms with van der Waals surface area (Å²) in [5.74, 6) is 0.619. The van der Waals surface area contributed by atoms with Gasteiger partial charge in [-0.25, -0.2) is 14.6 Å². The van der Waals surface area contributed by atoms with Crippen molar-refractivity contribution in [2.24, 2.45) is 0 Å². The lowest BCUT2D eigenvalue weighted by Crippen LogP contribution is -2.29. The molecule has 0 saturated carbocycles. The van der Waals surface area contributed by atoms with Crippen LogP contribution in [0.3, 0.4) is 0 Å². The maximum Gasteiger partial charge on any atom is 0.325 e. The molecule has 3 aromatic heterocycles. The minimum absolute atomic E-state index is 0. The molecule has 11 nitrogen and oxygen atoms in total. The normalized spacial score (nSPS) is 14.6. The van der Waals surface area contributed by atoms with Gasteiger partial charge in [-0.05, 0) is 82.8 Å². The third-order valence-corrected chi connectivity index (χ3v) is 6.67. The van der Waals surface area contributed by atoms with E-state index >= 15 is 0 Å². The van der Waals surface area contributed by atoms with Gasteiger partial charge in [0, 0.05) is 33.8 Å². The molecule has 0 spiro atoms. The Morgan fingerprint density at radius 2 is 0.973 bits per heavy atom. The van der Waals surface area contributed by atoms with Crippen molar-refractivity contribution >= 4 is 18.0 Å². The number of aromatic nitrogens is 6. The second kappa shape index (κ2) is 13.1. The first-order valence-corrected chi connectivity index (χ1v) is 12.3. The van der Waals surface area contributed by atoms with Crippen LogP contribution in [0.2, 0.25) is 0 Å². The van der Waals surface area contributed by atoms with E-state index in [0.717, 1.165) is 80.3 Å². The Bertz CT molecular complexity index is 1510. The Hall–Kier alpha value is -3.54. The number of nitrogens with one attached hydrogen (secondary N) is 5. The van der Waals surface area contributed by atoms with Crippen molar-refractivity contribution < 1.29 is 0 Å². The number of nitrogen functional groups attached to an aromatic ring is 1. The molecule has 7 N–H and O–H groups in total. The van der Waals surface area contributed by atoms with Gasteiger partial charge in [0.25, 0.3) is 11.1 Å². The van der Waals surface area contributed by atoms with Gasteiger partial charge in [-0.1, -0.05) is 14.9 Å². The van der Waals surface area contributed by atoms with E-state index in [1.165, 1.54) is 24.1 Å². The van der Waals surface area contributed by atoms with Gasteiger partial charge < -0.3 is 20.7 Å². The highest BCUT2D eigenvalue weighted by molar-refractivity contribution is 7.71. The summed E-state index contributed by atoms with van der Waals surface area (Å²) in [6.45, 7) is 0. The van der Waals surface area contributed by atoms with E-state index in [2.05, 4.69) is 29.9 Å². The fourth-order valence-electron chi connectivity index (χ4n) is 4.78. The van der Waals surface area contributed by atoms with Gasteiger partial charge in [0.2, 0.25) is 0 Å². The number of hydrogen-bond acceptors (Lipinski definition) is 7. The summed E-state index contributed by atoms with van der Waals surface area (Å²) in [6, 6.07) is 0. The Kier molecular flexibility index (Phi) is 10.5. The van der Waals surface area contributed by atoms with Crippen LogP contribution in [0.5, 0.6) is 0 Å². The zero-order chi connectivity index (χ0) is 24.9. The van der Waals surface area contributed by atoms with Crippen molar-refractivity contribution in [2.75, 3.05) is 5.73 Å². The molecule has 0 unspecified atom stereocenters. The number of nitrogens with two attached hydrogens (primary N) is 1. The first-order chi connectivity index (χ1) is 16.8. The zero-order valence-electron chi connectivity index (χ0n) is 19.3. The van der Waals surface area contributed by atoms with Crippen LogP contribution in [0, 0.1) is 4.77 Å². The van der Waals surface area contributed by atoms with Crippen LogP contribution in [0.4, 0.5) is 5.82 Å². The Morgan fingerprint density at radius 1 is 0.568 bits per heavy atom. The van der Waals surface area contributed by atoms with Gasteiger partial charge in [0.1, 0.15) is 5.82 Å². The number of nitrogens with zero attached hydrogens (tertiary/aromatic N) is 1. The highest BCUT2D eigenvalue weighted by Gasteiger charge is 2.15. The van der Waals surface area contributed by atoms with E-state index in [1.807, 2.05) is 0 Å². The minimum atomic E-state index is -0.393. The average Bonchev–Trinajstić information content (AvgIpc) is 3.29. The summed E-state index contributed by atoms with van der Waals surface area (Å²) in [7, 11) is 0. The predicted molar refractivity (Wildman–Crippen MR) is 148 cm³/mol. The predicted octanol–water partition coefficient (Wildman–Crippen LogP) is 2.37. The number of anilines is 1. The smallest absolute Gasteiger partial charge is 0.325 e. The molecule has 0 aliphatic heterocycles. The van der Waals surface area contributed by atoms with E-state index in [1.54, 1.807) is 0 Å². The standard InChI is InChI=1S/C8H11N3S.C8H10N2O2.C7H8N2O2.2CH4/c9-7-5-3-1-2-4-6(5)10-8(12)11-7;11-7-5-3-1-2-4-6(5)9-8(12)10-7;10-6-4-2-1-3-5(4)8-7(11)9-6;;/h1-4H2,(H3,9,10,11,12);1-4H2,(H2,9,10,11,12);1-3H2,(H2,8,9,10,11);2*1H4. The van der Waals surface area contributed by atoms with Crippen molar-refractivity contribution in [3.8, 4) is 0 Å². The average molecular weight is 532 g/mol. The highest BCUT2D eigenvalue weighted by Crippen LogP contribution is 2.22. The molecule has 37 heavy (non-hydrogen) atoms. The SMILES string of the molecule is C.C.Nc1nc(=S)[nH]c2c1CCCC2.O=c1[nH]c2c(c(=O)[nH]1)CCC2.O=c1[nH]c2c(c(=O)[nH]1)CCCC2. The third-order valence-electron chi connectivity index (χ3n) is 6.47. The van der Waals surface area contributed by atoms with Gasteiger partial charge in [0.15, 0.2) is 4.77 Å². The summed E-state index contributed by atoms with van der Waals surface area (Å²) in [5, 5.41) is 0. The largest absolute Gasteiger partial charge is 0.383 e. The van der Waals surface area contributed by atoms with Crippen molar-refractivity contribution in [3.63, 3.8) is 0 Å². The van der Waals surface area contributed by atoms with E-state index in [9.17, 15) is 19.2 Å². The van der Waals surface area contributed by atoms with Gasteiger partial charge in [0.05, 0.1) is 0 Å². The first-order valence-electron chi connectivity index (χ1n) is 11.9. The second-order valence-electron chi connectivity index (χ2n) is 8.88. The summed E-state index contributed by atoms with van der Waals surface area (Å²) < 4.78 is 0.508. The van der Waals surface area contributed by atoms with Crippen molar-refractivity contribution in [1.29, 1.82) is 0 Å². The summed E-state index contributed by atoms with van der Waals surface area (Å²) >= 11 is 4.94. The van der Waals surface area contributed by atoms with Crippen LogP contribution >= 0.6 is 12.2 Å². The lowest BCUT2D eigenvalue weighted by molar-refractivity contribution is 0.651. The number of aromatic amines is 5. The second-order valence-corrected chi connectivity index (χ2v) is 9.27. The van der Waals surface area contributed by atoms with E-state index < -0.39 is 5.69 Å². The Morgan fingerprint density at radius 3 is 1.51 bits per heavy atom. The number of fused-ring (bicyclic) bond motifs is 3. The van der Waals surface area contributed by atoms with Gasteiger partial charge in [-0.3, -0.25) is 19.6 Å². The van der Waals surface area contributed by atoms with Gasteiger partial charge in [-0.15, -0.1) is 0 Å². The maximum atomic E-state index is 11.2. The van der Waals surface area contributed by atoms with E-state index in [0.29, 0.717) is 10.6 Å². The quantitative estimate of drug-likeness (QED) is 0.240. The van der Waals surface area contributed by atoms with Crippen LogP contribution in [-0.2, 0) is 38.5 Å². The van der Waals surface area contributed by atoms with Crippen molar-refractivity contribution in [2.45, 2.75) is 85.5 Å². The lowest BCUT2D eigenvalue weighted by Gasteiger charge is -2.15. The summed E-state index contributed by atoms with van der Waals surface area (Å²) in [4.78, 5) is 60.7. The molecule has 3 aliphatic carbocycles. The molecule has 3 aliphatic rings. The number of aryl methyl sites for hydroxylation is 3. The zero-order valence-corrected chi connectivity index (χ0v) is 20.2. The summed E-state index contributed by atoms with van der Waals surface area (Å²) in [6.07, 6.45) is 10.9. The van der Waals surface area contributed by atoms with Crippen molar-refractivity contribution in [1.82, 2.24) is 29.9 Å². The van der Waals surface area contributed by atoms with Gasteiger partial charge in [-0.2, -0.15) is 0 Å². The molecule has 0 radical (unpaired) electrons. The Labute approximate surface area is 219 Å². The molecule has 12 heteroatoms. The molecule has 202 valence electrons. The molecule has 0 bridgehead atoms. The first kappa shape index (κ1) is 29.7. The topological polar surface area (TPSA) is 186 Å². The molecule has 0 amide bonds. The minimum Gasteiger partial charge on any atom is -0.383 e. The molecule has 3 heterocycles. The molecule has 0 aromatic carbocycles. The molecule has 6 rings (SSSR count). The van der Waals surface area contributed by atoms with E-state index in [4.69, 9.17) is 18.0 Å². The third kappa shape index (κ3) is 7.25. The van der Waals surface area contributed by atoms with Crippen LogP contribution in [0.15, 0.2) is 19.2 Å². The highest BCUT2D eigenvalue weighted by atomic mass is 32.1. The Balaban J connectivity index is 0.000000190. The number of hydrogen-bond donors (Lipinski definition) is 6. The fourth-order valence-corrected chi connectivity index (χ4v) is 5.00. The van der Waals surface area contributed by atoms with Crippen LogP contribution in [-0.4, -0.2) is 29.9 Å². The maximum absolute atomic E-state index is 11.2. The molecule has 0 fully saturated rings.